The first-order chi connectivity index (χ1) is 31.4. The van der Waals surface area contributed by atoms with Crippen LogP contribution in [0, 0.1) is 0 Å². The van der Waals surface area contributed by atoms with Crippen molar-refractivity contribution in [1.82, 2.24) is 0 Å². The normalized spacial score (nSPS) is 14.1. The molecule has 0 saturated carbocycles. The summed E-state index contributed by atoms with van der Waals surface area (Å²) in [4.78, 5) is 22.6. The molecule has 64 heavy (non-hydrogen) atoms. The van der Waals surface area contributed by atoms with Crippen LogP contribution in [0.1, 0.15) is 206 Å². The van der Waals surface area contributed by atoms with E-state index in [1.807, 2.05) is 0 Å². The Hall–Kier alpha value is -2.58. The molecule has 0 aliphatic rings. The maximum atomic E-state index is 12.7. The van der Waals surface area contributed by atoms with E-state index in [1.165, 1.54) is 89.9 Å². The summed E-state index contributed by atoms with van der Waals surface area (Å²) in [6.07, 6.45) is 68.7. The highest BCUT2D eigenvalue weighted by Gasteiger charge is 2.25. The van der Waals surface area contributed by atoms with E-state index in [1.54, 1.807) is 0 Å². The first kappa shape index (κ1) is 61.4. The number of nitrogens with two attached hydrogens (primary N) is 1. The van der Waals surface area contributed by atoms with Gasteiger partial charge in [-0.05, 0) is 89.9 Å². The summed E-state index contributed by atoms with van der Waals surface area (Å²) in [6, 6.07) is 0. The molecule has 2 unspecified atom stereocenters. The van der Waals surface area contributed by atoms with Gasteiger partial charge in [0.15, 0.2) is 0 Å². The van der Waals surface area contributed by atoms with Gasteiger partial charge in [0.1, 0.15) is 6.10 Å². The van der Waals surface area contributed by atoms with E-state index in [0.29, 0.717) is 13.0 Å². The van der Waals surface area contributed by atoms with E-state index < -0.39 is 13.9 Å². The van der Waals surface area contributed by atoms with Crippen LogP contribution in [0.3, 0.4) is 0 Å². The lowest BCUT2D eigenvalue weighted by atomic mass is 10.0. The second kappa shape index (κ2) is 51.4. The molecular weight excluding hydrogens is 818 g/mol. The third-order valence-corrected chi connectivity index (χ3v) is 11.5. The maximum absolute atomic E-state index is 12.7. The van der Waals surface area contributed by atoms with E-state index in [9.17, 15) is 14.3 Å². The molecule has 0 aliphatic carbocycles. The molecule has 2 atom stereocenters. The molecule has 0 aromatic carbocycles. The fourth-order valence-electron chi connectivity index (χ4n) is 6.80. The second-order valence-corrected chi connectivity index (χ2v) is 18.1. The van der Waals surface area contributed by atoms with Crippen molar-refractivity contribution in [1.29, 1.82) is 0 Å². The average molecular weight is 914 g/mol. The first-order valence-electron chi connectivity index (χ1n) is 25.7. The fourth-order valence-corrected chi connectivity index (χ4v) is 7.57. The van der Waals surface area contributed by atoms with E-state index in [-0.39, 0.29) is 32.3 Å². The van der Waals surface area contributed by atoms with Gasteiger partial charge in [-0.2, -0.15) is 0 Å². The van der Waals surface area contributed by atoms with Crippen molar-refractivity contribution >= 4 is 13.8 Å². The Balaban J connectivity index is 3.97. The lowest BCUT2D eigenvalue weighted by Crippen LogP contribution is -2.28. The maximum Gasteiger partial charge on any atom is 0.472 e. The number of carbonyl (C=O) groups excluding carboxylic acids is 1. The Bertz CT molecular complexity index is 1300. The molecule has 9 heteroatoms. The predicted molar refractivity (Wildman–Crippen MR) is 274 cm³/mol. The van der Waals surface area contributed by atoms with Crippen LogP contribution in [0.15, 0.2) is 97.2 Å². The van der Waals surface area contributed by atoms with Crippen LogP contribution in [0.25, 0.3) is 0 Å². The standard InChI is InChI=1S/C55H96NO7P/c1-3-5-7-9-11-13-15-17-19-21-23-25-26-27-28-29-30-32-34-36-38-40-42-44-46-48-55(57)63-54(53-62-64(58,59)61-51-49-56)52-60-50-47-45-43-41-39-37-35-33-31-24-22-20-18-16-14-12-10-8-6-4-2/h5-8,11-14,17-20,23-25,31,54H,3-4,9-10,15-16,21-22,26-30,32-53,56H2,1-2H3,(H,58,59)/b7-5-,8-6-,13-11-,14-12-,19-17-,20-18-,25-23-,31-24-. The van der Waals surface area contributed by atoms with Crippen LogP contribution in [-0.2, 0) is 27.9 Å². The van der Waals surface area contributed by atoms with Gasteiger partial charge < -0.3 is 20.1 Å². The fraction of sp³-hybridized carbons (Fsp3) is 0.691. The van der Waals surface area contributed by atoms with Gasteiger partial charge in [-0.25, -0.2) is 4.57 Å². The van der Waals surface area contributed by atoms with Crippen LogP contribution < -0.4 is 5.73 Å². The number of allylic oxidation sites excluding steroid dienone is 16. The molecular formula is C55H96NO7P. The number of hydrogen-bond acceptors (Lipinski definition) is 7. The van der Waals surface area contributed by atoms with Crippen molar-refractivity contribution in [2.75, 3.05) is 33.0 Å². The number of phosphoric ester groups is 1. The summed E-state index contributed by atoms with van der Waals surface area (Å²) in [5, 5.41) is 0. The molecule has 0 amide bonds. The third-order valence-electron chi connectivity index (χ3n) is 10.5. The van der Waals surface area contributed by atoms with Crippen molar-refractivity contribution in [2.45, 2.75) is 213 Å². The second-order valence-electron chi connectivity index (χ2n) is 16.6. The predicted octanol–water partition coefficient (Wildman–Crippen LogP) is 16.2. The highest BCUT2D eigenvalue weighted by molar-refractivity contribution is 7.47. The van der Waals surface area contributed by atoms with Gasteiger partial charge in [0.2, 0.25) is 0 Å². The van der Waals surface area contributed by atoms with Crippen LogP contribution >= 0.6 is 7.82 Å². The monoisotopic (exact) mass is 914 g/mol. The molecule has 0 aromatic rings. The largest absolute Gasteiger partial charge is 0.472 e. The Kier molecular flexibility index (Phi) is 49.3. The summed E-state index contributed by atoms with van der Waals surface area (Å²) in [5.41, 5.74) is 5.39. The lowest BCUT2D eigenvalue weighted by molar-refractivity contribution is -0.154. The van der Waals surface area contributed by atoms with Crippen molar-refractivity contribution in [2.24, 2.45) is 5.73 Å². The molecule has 368 valence electrons. The van der Waals surface area contributed by atoms with Gasteiger partial charge in [-0.15, -0.1) is 0 Å². The molecule has 3 N–H and O–H groups in total. The van der Waals surface area contributed by atoms with Crippen molar-refractivity contribution in [3.05, 3.63) is 97.2 Å². The minimum Gasteiger partial charge on any atom is -0.457 e. The van der Waals surface area contributed by atoms with Crippen LogP contribution in [0.4, 0.5) is 0 Å². The van der Waals surface area contributed by atoms with Gasteiger partial charge in [0.25, 0.3) is 0 Å². The Morgan fingerprint density at radius 3 is 1.23 bits per heavy atom. The van der Waals surface area contributed by atoms with E-state index >= 15 is 0 Å². The molecule has 0 heterocycles. The highest BCUT2D eigenvalue weighted by atomic mass is 31.2. The zero-order valence-corrected chi connectivity index (χ0v) is 41.9. The Morgan fingerprint density at radius 2 is 0.828 bits per heavy atom. The number of carbonyl (C=O) groups is 1. The van der Waals surface area contributed by atoms with Crippen LogP contribution in [0.5, 0.6) is 0 Å². The summed E-state index contributed by atoms with van der Waals surface area (Å²) < 4.78 is 33.6. The number of rotatable bonds is 48. The number of esters is 1. The smallest absolute Gasteiger partial charge is 0.457 e. The number of phosphoric acid groups is 1. The van der Waals surface area contributed by atoms with Gasteiger partial charge in [-0.1, -0.05) is 207 Å². The molecule has 8 nitrogen and oxygen atoms in total. The molecule has 0 rings (SSSR count). The Labute approximate surface area is 393 Å². The van der Waals surface area contributed by atoms with Gasteiger partial charge in [-0.3, -0.25) is 13.8 Å². The summed E-state index contributed by atoms with van der Waals surface area (Å²) >= 11 is 0. The SMILES string of the molecule is CC/C=C\C/C=C\C/C=C\C/C=C\CCCCCCCCCCCCCCC(=O)OC(COCCCCCCCCC/C=C\C/C=C\C/C=C\C/C=C\CC)COP(=O)(O)OCCN. The minimum absolute atomic E-state index is 0.0933. The number of ether oxygens (including phenoxy) is 2. The summed E-state index contributed by atoms with van der Waals surface area (Å²) in [6.45, 7) is 4.67. The van der Waals surface area contributed by atoms with Crippen LogP contribution in [0.2, 0.25) is 0 Å². The average Bonchev–Trinajstić information content (AvgIpc) is 3.29. The van der Waals surface area contributed by atoms with E-state index in [0.717, 1.165) is 96.3 Å². The van der Waals surface area contributed by atoms with Crippen LogP contribution in [-0.4, -0.2) is 49.9 Å². The van der Waals surface area contributed by atoms with Crippen molar-refractivity contribution < 1.29 is 32.8 Å². The Morgan fingerprint density at radius 1 is 0.469 bits per heavy atom. The van der Waals surface area contributed by atoms with Crippen molar-refractivity contribution in [3.8, 4) is 0 Å². The number of unbranched alkanes of at least 4 members (excludes halogenated alkanes) is 19. The molecule has 0 radical (unpaired) electrons. The molecule has 0 aromatic heterocycles. The van der Waals surface area contributed by atoms with E-state index in [2.05, 4.69) is 111 Å². The zero-order valence-electron chi connectivity index (χ0n) is 41.0. The first-order valence-corrected chi connectivity index (χ1v) is 27.2. The topological polar surface area (TPSA) is 117 Å². The molecule has 0 aliphatic heterocycles. The van der Waals surface area contributed by atoms with Gasteiger partial charge >= 0.3 is 13.8 Å². The quantitative estimate of drug-likeness (QED) is 0.0268. The number of hydrogen-bond donors (Lipinski definition) is 2. The highest BCUT2D eigenvalue weighted by Crippen LogP contribution is 2.43. The summed E-state index contributed by atoms with van der Waals surface area (Å²) in [7, 11) is -4.29. The van der Waals surface area contributed by atoms with E-state index in [4.69, 9.17) is 24.3 Å². The summed E-state index contributed by atoms with van der Waals surface area (Å²) in [5.74, 6) is -0.340. The zero-order chi connectivity index (χ0) is 46.5. The molecule has 0 spiro atoms. The molecule has 0 saturated heterocycles. The lowest BCUT2D eigenvalue weighted by Gasteiger charge is -2.20. The minimum atomic E-state index is -4.29. The van der Waals surface area contributed by atoms with Gasteiger partial charge in [0, 0.05) is 19.6 Å². The molecule has 0 bridgehead atoms. The third kappa shape index (κ3) is 50.4. The van der Waals surface area contributed by atoms with Gasteiger partial charge in [0.05, 0.1) is 19.8 Å². The van der Waals surface area contributed by atoms with Crippen molar-refractivity contribution in [3.63, 3.8) is 0 Å². The molecule has 0 fully saturated rings.